The van der Waals surface area contributed by atoms with Crippen molar-refractivity contribution < 1.29 is 29.8 Å². The lowest BCUT2D eigenvalue weighted by Crippen LogP contribution is -2.46. The number of aromatic amines is 1. The van der Waals surface area contributed by atoms with E-state index in [1.807, 2.05) is 4.98 Å². The van der Waals surface area contributed by atoms with Gasteiger partial charge in [0, 0.05) is 12.3 Å². The average Bonchev–Trinajstić information content (AvgIpc) is 2.61. The van der Waals surface area contributed by atoms with Crippen LogP contribution >= 0.6 is 8.53 Å². The Morgan fingerprint density at radius 2 is 2.05 bits per heavy atom. The molecular formula is C10H18N3O8P. The summed E-state index contributed by atoms with van der Waals surface area (Å²) in [7, 11) is -2.12. The molecule has 2 rings (SSSR count). The van der Waals surface area contributed by atoms with Crippen molar-refractivity contribution in [1.82, 2.24) is 9.55 Å². The van der Waals surface area contributed by atoms with Gasteiger partial charge in [-0.25, -0.2) is 4.79 Å². The van der Waals surface area contributed by atoms with Crippen LogP contribution in [-0.4, -0.2) is 59.1 Å². The van der Waals surface area contributed by atoms with Crippen molar-refractivity contribution in [2.45, 2.75) is 31.0 Å². The van der Waals surface area contributed by atoms with Gasteiger partial charge in [-0.2, -0.15) is 0 Å². The quantitative estimate of drug-likeness (QED) is 0.270. The fourth-order valence-electron chi connectivity index (χ4n) is 2.00. The topological polar surface area (TPSA) is 191 Å². The van der Waals surface area contributed by atoms with Crippen LogP contribution in [0.1, 0.15) is 13.2 Å². The van der Waals surface area contributed by atoms with Gasteiger partial charge < -0.3 is 29.8 Å². The smallest absolute Gasteiger partial charge is 0.330 e. The number of aromatic nitrogens is 2. The molecule has 126 valence electrons. The van der Waals surface area contributed by atoms with Gasteiger partial charge in [-0.15, -0.1) is 0 Å². The molecule has 0 saturated carbocycles. The maximum Gasteiger partial charge on any atom is 0.330 e. The molecule has 1 aromatic heterocycles. The first-order valence-corrected chi connectivity index (χ1v) is 7.33. The highest BCUT2D eigenvalue weighted by Gasteiger charge is 2.53. The zero-order valence-corrected chi connectivity index (χ0v) is 12.4. The van der Waals surface area contributed by atoms with E-state index in [4.69, 9.17) is 19.6 Å². The summed E-state index contributed by atoms with van der Waals surface area (Å²) >= 11 is 0. The predicted molar refractivity (Wildman–Crippen MR) is 74.5 cm³/mol. The largest absolute Gasteiger partial charge is 0.394 e. The monoisotopic (exact) mass is 339 g/mol. The Morgan fingerprint density at radius 1 is 1.50 bits per heavy atom. The van der Waals surface area contributed by atoms with Crippen LogP contribution in [0.2, 0.25) is 0 Å². The molecule has 0 bridgehead atoms. The molecule has 0 spiro atoms. The Bertz CT molecular complexity index is 598. The van der Waals surface area contributed by atoms with Crippen LogP contribution in [-0.2, 0) is 4.74 Å². The number of nitrogens with zero attached hydrogens (tertiary/aromatic N) is 1. The molecule has 1 aromatic rings. The molecule has 1 aliphatic rings. The van der Waals surface area contributed by atoms with Crippen molar-refractivity contribution in [2.24, 2.45) is 5.50 Å². The Labute approximate surface area is 125 Å². The first kappa shape index (κ1) is 18.9. The third-order valence-electron chi connectivity index (χ3n) is 3.04. The summed E-state index contributed by atoms with van der Waals surface area (Å²) in [6.45, 7) is 0.793. The minimum atomic E-state index is -2.12. The van der Waals surface area contributed by atoms with Crippen LogP contribution in [0.25, 0.3) is 0 Å². The van der Waals surface area contributed by atoms with E-state index < -0.39 is 50.4 Å². The predicted octanol–water partition coefficient (Wildman–Crippen LogP) is -3.31. The highest BCUT2D eigenvalue weighted by Crippen LogP contribution is 2.36. The van der Waals surface area contributed by atoms with Crippen LogP contribution in [0.5, 0.6) is 0 Å². The molecule has 22 heavy (non-hydrogen) atoms. The second kappa shape index (κ2) is 7.40. The van der Waals surface area contributed by atoms with E-state index in [0.29, 0.717) is 0 Å². The molecule has 8 N–H and O–H groups in total. The summed E-state index contributed by atoms with van der Waals surface area (Å²) in [6, 6.07) is 1.10. The molecule has 1 saturated heterocycles. The molecule has 12 heteroatoms. The SMILES string of the molecule is C[C@]1(O)[C@H](O)[C@@H](CO)O[C@H]1n1ccc(=O)[nH]c1=O.NP(O)O. The Balaban J connectivity index is 0.000000541. The highest BCUT2D eigenvalue weighted by atomic mass is 31.2. The van der Waals surface area contributed by atoms with E-state index in [9.17, 15) is 19.8 Å². The Kier molecular flexibility index (Phi) is 6.35. The van der Waals surface area contributed by atoms with Crippen molar-refractivity contribution in [2.75, 3.05) is 6.61 Å². The summed E-state index contributed by atoms with van der Waals surface area (Å²) < 4.78 is 6.19. The minimum Gasteiger partial charge on any atom is -0.394 e. The highest BCUT2D eigenvalue weighted by molar-refractivity contribution is 7.42. The van der Waals surface area contributed by atoms with Crippen LogP contribution in [0.15, 0.2) is 21.9 Å². The molecule has 0 radical (unpaired) electrons. The van der Waals surface area contributed by atoms with Crippen molar-refractivity contribution in [3.05, 3.63) is 33.1 Å². The van der Waals surface area contributed by atoms with Gasteiger partial charge in [0.15, 0.2) is 6.23 Å². The number of ether oxygens (including phenoxy) is 1. The molecule has 0 aromatic carbocycles. The first-order chi connectivity index (χ1) is 10.1. The minimum absolute atomic E-state index is 0.494. The fraction of sp³-hybridized carbons (Fsp3) is 0.600. The molecule has 2 heterocycles. The third kappa shape index (κ3) is 4.18. The van der Waals surface area contributed by atoms with Crippen LogP contribution in [0.3, 0.4) is 0 Å². The Morgan fingerprint density at radius 3 is 2.45 bits per heavy atom. The van der Waals surface area contributed by atoms with Gasteiger partial charge in [-0.3, -0.25) is 19.8 Å². The standard InChI is InChI=1S/C10H14N2O6.H4NO2P/c1-10(17)7(15)5(4-13)18-8(10)12-3-2-6(14)11-9(12)16;1-4(2)3/h2-3,5,7-8,13,15,17H,4H2,1H3,(H,11,14,16);2-3H,1H2/t5-,7-,8-,10+;/m1./s1. The van der Waals surface area contributed by atoms with Gasteiger partial charge in [0.25, 0.3) is 5.56 Å². The fourth-order valence-corrected chi connectivity index (χ4v) is 2.00. The Hall–Kier alpha value is -1.17. The number of nitrogens with one attached hydrogen (secondary N) is 1. The first-order valence-electron chi connectivity index (χ1n) is 6.02. The zero-order valence-electron chi connectivity index (χ0n) is 11.5. The van der Waals surface area contributed by atoms with Crippen molar-refractivity contribution in [3.63, 3.8) is 0 Å². The normalized spacial score (nSPS) is 31.0. The van der Waals surface area contributed by atoms with Gasteiger partial charge in [0.2, 0.25) is 8.53 Å². The molecule has 0 aliphatic carbocycles. The molecule has 11 nitrogen and oxygen atoms in total. The number of aliphatic hydroxyl groups is 3. The number of hydrogen-bond acceptors (Lipinski definition) is 9. The maximum atomic E-state index is 11.6. The number of rotatable bonds is 2. The number of aliphatic hydroxyl groups excluding tert-OH is 2. The van der Waals surface area contributed by atoms with E-state index in [0.717, 1.165) is 16.8 Å². The van der Waals surface area contributed by atoms with Crippen molar-refractivity contribution in [3.8, 4) is 0 Å². The number of hydrogen-bond donors (Lipinski definition) is 7. The number of H-pyrrole nitrogens is 1. The maximum absolute atomic E-state index is 11.6. The van der Waals surface area contributed by atoms with Crippen LogP contribution in [0, 0.1) is 0 Å². The molecule has 4 atom stereocenters. The summed E-state index contributed by atoms with van der Waals surface area (Å²) in [5.41, 5.74) is 1.19. The van der Waals surface area contributed by atoms with E-state index in [2.05, 4.69) is 5.50 Å². The molecule has 1 fully saturated rings. The van der Waals surface area contributed by atoms with E-state index in [1.54, 1.807) is 0 Å². The second-order valence-corrected chi connectivity index (χ2v) is 5.36. The van der Waals surface area contributed by atoms with E-state index >= 15 is 0 Å². The van der Waals surface area contributed by atoms with Gasteiger partial charge in [0.1, 0.15) is 17.8 Å². The molecular weight excluding hydrogens is 321 g/mol. The van der Waals surface area contributed by atoms with Crippen LogP contribution < -0.4 is 16.8 Å². The second-order valence-electron chi connectivity index (χ2n) is 4.72. The summed E-state index contributed by atoms with van der Waals surface area (Å²) in [4.78, 5) is 39.5. The average molecular weight is 339 g/mol. The summed E-state index contributed by atoms with van der Waals surface area (Å²) in [5.74, 6) is 0. The third-order valence-corrected chi connectivity index (χ3v) is 3.04. The van der Waals surface area contributed by atoms with Gasteiger partial charge in [-0.1, -0.05) is 0 Å². The summed E-state index contributed by atoms with van der Waals surface area (Å²) in [6.07, 6.45) is -2.36. The van der Waals surface area contributed by atoms with Crippen molar-refractivity contribution >= 4 is 8.53 Å². The van der Waals surface area contributed by atoms with Crippen LogP contribution in [0.4, 0.5) is 0 Å². The lowest BCUT2D eigenvalue weighted by molar-refractivity contribution is -0.0987. The van der Waals surface area contributed by atoms with Gasteiger partial charge in [-0.05, 0) is 6.92 Å². The lowest BCUT2D eigenvalue weighted by atomic mass is 9.96. The van der Waals surface area contributed by atoms with Gasteiger partial charge >= 0.3 is 5.69 Å². The molecule has 1 aliphatic heterocycles. The van der Waals surface area contributed by atoms with Crippen molar-refractivity contribution in [1.29, 1.82) is 0 Å². The zero-order chi connectivity index (χ0) is 17.1. The van der Waals surface area contributed by atoms with E-state index in [-0.39, 0.29) is 0 Å². The molecule has 0 amide bonds. The molecule has 0 unspecified atom stereocenters. The van der Waals surface area contributed by atoms with E-state index in [1.165, 1.54) is 6.92 Å². The lowest BCUT2D eigenvalue weighted by Gasteiger charge is -2.27. The van der Waals surface area contributed by atoms with Gasteiger partial charge in [0.05, 0.1) is 6.61 Å². The summed E-state index contributed by atoms with van der Waals surface area (Å²) in [5, 5.41) is 28.9. The number of nitrogens with two attached hydrogens (primary N) is 1.